The van der Waals surface area contributed by atoms with Crippen molar-refractivity contribution in [3.63, 3.8) is 0 Å². The van der Waals surface area contributed by atoms with Crippen molar-refractivity contribution in [1.82, 2.24) is 20.2 Å². The van der Waals surface area contributed by atoms with Gasteiger partial charge in [0, 0.05) is 21.3 Å². The van der Waals surface area contributed by atoms with Gasteiger partial charge in [0.15, 0.2) is 22.5 Å². The molecule has 0 radical (unpaired) electrons. The Morgan fingerprint density at radius 3 is 2.62 bits per heavy atom. The summed E-state index contributed by atoms with van der Waals surface area (Å²) >= 11 is 4.71. The van der Waals surface area contributed by atoms with Crippen molar-refractivity contribution in [2.75, 3.05) is 12.9 Å². The average Bonchev–Trinajstić information content (AvgIpc) is 3.29. The second kappa shape index (κ2) is 11.0. The number of carbonyl (C=O) groups excluding carboxylic acids is 1. The van der Waals surface area contributed by atoms with E-state index >= 15 is 0 Å². The highest BCUT2D eigenvalue weighted by Gasteiger charge is 2.17. The number of aromatic nitrogens is 3. The minimum absolute atomic E-state index is 0.0478. The van der Waals surface area contributed by atoms with Gasteiger partial charge in [-0.15, -0.1) is 10.2 Å². The first-order chi connectivity index (χ1) is 16.6. The van der Waals surface area contributed by atoms with Crippen molar-refractivity contribution in [3.8, 4) is 28.6 Å². The molecule has 1 heterocycles. The predicted molar refractivity (Wildman–Crippen MR) is 136 cm³/mol. The number of amides is 1. The number of phenolic OH excluding ortho intramolecular Hbond substituents is 1. The smallest absolute Gasteiger partial charge is 0.250 e. The molecule has 10 heteroatoms. The fourth-order valence-electron chi connectivity index (χ4n) is 3.10. The lowest BCUT2D eigenvalue weighted by atomic mass is 10.2. The van der Waals surface area contributed by atoms with Crippen LogP contribution in [0, 0.1) is 0 Å². The Morgan fingerprint density at radius 1 is 1.12 bits per heavy atom. The van der Waals surface area contributed by atoms with Gasteiger partial charge in [-0.1, -0.05) is 64.1 Å². The van der Waals surface area contributed by atoms with E-state index in [9.17, 15) is 9.90 Å². The van der Waals surface area contributed by atoms with Crippen LogP contribution in [-0.2, 0) is 4.79 Å². The molecule has 8 nitrogen and oxygen atoms in total. The van der Waals surface area contributed by atoms with Crippen LogP contribution in [-0.4, -0.2) is 44.9 Å². The van der Waals surface area contributed by atoms with Crippen molar-refractivity contribution in [3.05, 3.63) is 82.8 Å². The van der Waals surface area contributed by atoms with Crippen molar-refractivity contribution in [1.29, 1.82) is 0 Å². The maximum Gasteiger partial charge on any atom is 0.250 e. The summed E-state index contributed by atoms with van der Waals surface area (Å²) in [6, 6.07) is 22.5. The van der Waals surface area contributed by atoms with Gasteiger partial charge in [0.25, 0.3) is 5.91 Å². The fraction of sp³-hybridized carbons (Fsp3) is 0.0833. The van der Waals surface area contributed by atoms with E-state index in [0.717, 1.165) is 15.7 Å². The van der Waals surface area contributed by atoms with Gasteiger partial charge in [-0.05, 0) is 36.4 Å². The van der Waals surface area contributed by atoms with E-state index in [0.29, 0.717) is 22.3 Å². The molecule has 0 saturated heterocycles. The van der Waals surface area contributed by atoms with Crippen LogP contribution in [0.2, 0.25) is 0 Å². The van der Waals surface area contributed by atoms with E-state index in [2.05, 4.69) is 36.7 Å². The Hall–Kier alpha value is -3.63. The third-order valence-electron chi connectivity index (χ3n) is 4.73. The number of para-hydroxylation sites is 1. The van der Waals surface area contributed by atoms with Gasteiger partial charge in [-0.25, -0.2) is 5.43 Å². The Balaban J connectivity index is 1.49. The zero-order valence-electron chi connectivity index (χ0n) is 18.1. The number of rotatable bonds is 8. The fourth-order valence-corrected chi connectivity index (χ4v) is 4.11. The first-order valence-electron chi connectivity index (χ1n) is 10.1. The minimum atomic E-state index is -0.324. The summed E-state index contributed by atoms with van der Waals surface area (Å²) in [5, 5.41) is 23.3. The van der Waals surface area contributed by atoms with E-state index in [1.807, 2.05) is 59.2 Å². The van der Waals surface area contributed by atoms with Crippen LogP contribution >= 0.6 is 27.7 Å². The molecule has 0 aliphatic rings. The number of aromatic hydroxyl groups is 1. The molecule has 4 aromatic rings. The molecule has 0 bridgehead atoms. The maximum absolute atomic E-state index is 12.4. The van der Waals surface area contributed by atoms with Gasteiger partial charge in [-0.2, -0.15) is 5.10 Å². The summed E-state index contributed by atoms with van der Waals surface area (Å²) in [5.41, 5.74) is 4.68. The number of benzene rings is 3. The van der Waals surface area contributed by atoms with E-state index in [1.54, 1.807) is 18.2 Å². The number of phenols is 1. The van der Waals surface area contributed by atoms with Gasteiger partial charge in [0.1, 0.15) is 0 Å². The van der Waals surface area contributed by atoms with Crippen molar-refractivity contribution < 1.29 is 14.6 Å². The van der Waals surface area contributed by atoms with Crippen LogP contribution in [0.5, 0.6) is 11.5 Å². The second-order valence-electron chi connectivity index (χ2n) is 6.96. The molecule has 0 atom stereocenters. The van der Waals surface area contributed by atoms with E-state index in [-0.39, 0.29) is 17.4 Å². The number of hydrogen-bond donors (Lipinski definition) is 2. The molecule has 0 fully saturated rings. The lowest BCUT2D eigenvalue weighted by Crippen LogP contribution is -2.20. The Kier molecular flexibility index (Phi) is 7.61. The van der Waals surface area contributed by atoms with Crippen LogP contribution in [0.4, 0.5) is 0 Å². The minimum Gasteiger partial charge on any atom is -0.504 e. The molecule has 4 rings (SSSR count). The lowest BCUT2D eigenvalue weighted by molar-refractivity contribution is -0.118. The molecule has 0 aliphatic carbocycles. The van der Waals surface area contributed by atoms with Gasteiger partial charge in [0.05, 0.1) is 19.1 Å². The topological polar surface area (TPSA) is 102 Å². The first-order valence-corrected chi connectivity index (χ1v) is 11.9. The third-order valence-corrected chi connectivity index (χ3v) is 6.18. The highest BCUT2D eigenvalue weighted by atomic mass is 79.9. The van der Waals surface area contributed by atoms with Crippen LogP contribution < -0.4 is 10.2 Å². The number of methoxy groups -OCH3 is 1. The molecule has 0 unspecified atom stereocenters. The quantitative estimate of drug-likeness (QED) is 0.192. The average molecular weight is 538 g/mol. The zero-order chi connectivity index (χ0) is 23.9. The lowest BCUT2D eigenvalue weighted by Gasteiger charge is -2.10. The van der Waals surface area contributed by atoms with Crippen LogP contribution in [0.25, 0.3) is 17.1 Å². The highest BCUT2D eigenvalue weighted by Crippen LogP contribution is 2.29. The number of nitrogens with zero attached hydrogens (tertiary/aromatic N) is 4. The third kappa shape index (κ3) is 5.46. The van der Waals surface area contributed by atoms with Gasteiger partial charge >= 0.3 is 0 Å². The molecular weight excluding hydrogens is 518 g/mol. The Bertz CT molecular complexity index is 1310. The number of carbonyl (C=O) groups is 1. The summed E-state index contributed by atoms with van der Waals surface area (Å²) < 4.78 is 7.94. The van der Waals surface area contributed by atoms with E-state index in [1.165, 1.54) is 25.1 Å². The monoisotopic (exact) mass is 537 g/mol. The number of ether oxygens (including phenoxy) is 1. The molecule has 0 spiro atoms. The van der Waals surface area contributed by atoms with Crippen molar-refractivity contribution >= 4 is 39.8 Å². The highest BCUT2D eigenvalue weighted by molar-refractivity contribution is 9.10. The molecule has 3 aromatic carbocycles. The van der Waals surface area contributed by atoms with Crippen molar-refractivity contribution in [2.45, 2.75) is 5.16 Å². The zero-order valence-corrected chi connectivity index (χ0v) is 20.5. The van der Waals surface area contributed by atoms with Crippen LogP contribution in [0.15, 0.2) is 87.5 Å². The molecule has 1 amide bonds. The molecule has 0 saturated carbocycles. The number of hydrogen-bond acceptors (Lipinski definition) is 7. The van der Waals surface area contributed by atoms with E-state index < -0.39 is 0 Å². The Morgan fingerprint density at radius 2 is 1.88 bits per heavy atom. The molecule has 0 aliphatic heterocycles. The predicted octanol–water partition coefficient (Wildman–Crippen LogP) is 4.65. The maximum atomic E-state index is 12.4. The standard InChI is InChI=1S/C24H20BrN5O3S/c1-33-20-9-5-8-17(22(20)32)14-26-27-21(31)15-34-24-29-28-23(16-6-3-2-4-7-16)30(24)19-12-10-18(25)11-13-19/h2-14,32H,15H2,1H3,(H,27,31)/b26-14-. The summed E-state index contributed by atoms with van der Waals surface area (Å²) in [5.74, 6) is 0.707. The molecular formula is C24H20BrN5O3S. The molecule has 2 N–H and O–H groups in total. The Labute approximate surface area is 208 Å². The summed E-state index contributed by atoms with van der Waals surface area (Å²) in [6.45, 7) is 0. The normalized spacial score (nSPS) is 11.0. The van der Waals surface area contributed by atoms with Crippen molar-refractivity contribution in [2.24, 2.45) is 5.10 Å². The van der Waals surface area contributed by atoms with E-state index in [4.69, 9.17) is 4.74 Å². The number of thioether (sulfide) groups is 1. The summed E-state index contributed by atoms with van der Waals surface area (Å²) in [4.78, 5) is 12.4. The first kappa shape index (κ1) is 23.5. The SMILES string of the molecule is COc1cccc(/C=N\NC(=O)CSc2nnc(-c3ccccc3)n2-c2ccc(Br)cc2)c1O. The second-order valence-corrected chi connectivity index (χ2v) is 8.82. The van der Waals surface area contributed by atoms with Gasteiger partial charge in [-0.3, -0.25) is 9.36 Å². The molecule has 34 heavy (non-hydrogen) atoms. The van der Waals surface area contributed by atoms with Crippen LogP contribution in [0.1, 0.15) is 5.56 Å². The largest absolute Gasteiger partial charge is 0.504 e. The summed E-state index contributed by atoms with van der Waals surface area (Å²) in [6.07, 6.45) is 1.36. The van der Waals surface area contributed by atoms with Crippen LogP contribution in [0.3, 0.4) is 0 Å². The van der Waals surface area contributed by atoms with Gasteiger partial charge < -0.3 is 9.84 Å². The summed E-state index contributed by atoms with van der Waals surface area (Å²) in [7, 11) is 1.46. The number of halogens is 1. The molecule has 1 aromatic heterocycles. The number of nitrogens with one attached hydrogen (secondary N) is 1. The molecule has 172 valence electrons. The van der Waals surface area contributed by atoms with Gasteiger partial charge in [0.2, 0.25) is 0 Å². The number of hydrazone groups is 1.